The number of carbonyl (C=O) groups is 2. The highest BCUT2D eigenvalue weighted by molar-refractivity contribution is 7.12. The number of nitrogens with one attached hydrogen (secondary N) is 2. The molecule has 1 aromatic carbocycles. The minimum absolute atomic E-state index is 0.229. The summed E-state index contributed by atoms with van der Waals surface area (Å²) < 4.78 is 0. The zero-order chi connectivity index (χ0) is 16.1. The van der Waals surface area contributed by atoms with Gasteiger partial charge < -0.3 is 10.6 Å². The molecule has 1 heterocycles. The summed E-state index contributed by atoms with van der Waals surface area (Å²) in [7, 11) is 0. The third-order valence-corrected chi connectivity index (χ3v) is 4.20. The first-order chi connectivity index (χ1) is 10.5. The molecular formula is C17H20N2O2S. The van der Waals surface area contributed by atoms with E-state index in [0.717, 1.165) is 5.69 Å². The van der Waals surface area contributed by atoms with Gasteiger partial charge in [-0.25, -0.2) is 0 Å². The van der Waals surface area contributed by atoms with E-state index in [4.69, 9.17) is 0 Å². The fourth-order valence-corrected chi connectivity index (χ4v) is 2.57. The summed E-state index contributed by atoms with van der Waals surface area (Å²) in [6, 6.07) is 10.7. The van der Waals surface area contributed by atoms with Crippen molar-refractivity contribution in [1.82, 2.24) is 5.32 Å². The lowest BCUT2D eigenvalue weighted by molar-refractivity contribution is -0.117. The van der Waals surface area contributed by atoms with Crippen molar-refractivity contribution in [3.05, 3.63) is 52.2 Å². The van der Waals surface area contributed by atoms with Crippen molar-refractivity contribution in [2.45, 2.75) is 32.7 Å². The van der Waals surface area contributed by atoms with Crippen LogP contribution in [0.3, 0.4) is 0 Å². The van der Waals surface area contributed by atoms with Crippen molar-refractivity contribution in [3.63, 3.8) is 0 Å². The molecule has 1 unspecified atom stereocenters. The second-order valence-corrected chi connectivity index (χ2v) is 6.39. The maximum absolute atomic E-state index is 12.1. The highest BCUT2D eigenvalue weighted by Crippen LogP contribution is 2.17. The zero-order valence-corrected chi connectivity index (χ0v) is 13.7. The van der Waals surface area contributed by atoms with Crippen LogP contribution in [0.5, 0.6) is 0 Å². The van der Waals surface area contributed by atoms with Crippen LogP contribution in [0.15, 0.2) is 41.8 Å². The van der Waals surface area contributed by atoms with Gasteiger partial charge >= 0.3 is 0 Å². The molecular weight excluding hydrogens is 296 g/mol. The first-order valence-electron chi connectivity index (χ1n) is 7.22. The van der Waals surface area contributed by atoms with Crippen LogP contribution in [0.4, 0.5) is 5.69 Å². The Bertz CT molecular complexity index is 633. The van der Waals surface area contributed by atoms with Crippen LogP contribution >= 0.6 is 11.3 Å². The van der Waals surface area contributed by atoms with Crippen LogP contribution in [-0.2, 0) is 4.79 Å². The fraction of sp³-hybridized carbons (Fsp3) is 0.294. The minimum Gasteiger partial charge on any atom is -0.340 e. The molecule has 4 nitrogen and oxygen atoms in total. The molecule has 0 fully saturated rings. The van der Waals surface area contributed by atoms with E-state index >= 15 is 0 Å². The molecule has 2 aromatic rings. The largest absolute Gasteiger partial charge is 0.340 e. The number of benzene rings is 1. The summed E-state index contributed by atoms with van der Waals surface area (Å²) in [6.07, 6.45) is 0. The molecule has 0 aliphatic heterocycles. The molecule has 0 aliphatic carbocycles. The van der Waals surface area contributed by atoms with Gasteiger partial charge in [-0.1, -0.05) is 32.0 Å². The molecule has 0 spiro atoms. The van der Waals surface area contributed by atoms with Gasteiger partial charge in [0, 0.05) is 5.69 Å². The Morgan fingerprint density at radius 1 is 1.05 bits per heavy atom. The van der Waals surface area contributed by atoms with Gasteiger partial charge in [0.15, 0.2) is 0 Å². The summed E-state index contributed by atoms with van der Waals surface area (Å²) in [6.45, 7) is 5.91. The molecule has 2 N–H and O–H groups in total. The van der Waals surface area contributed by atoms with Crippen molar-refractivity contribution < 1.29 is 9.59 Å². The van der Waals surface area contributed by atoms with Crippen molar-refractivity contribution in [2.24, 2.45) is 0 Å². The normalized spacial score (nSPS) is 12.0. The van der Waals surface area contributed by atoms with E-state index < -0.39 is 6.04 Å². The predicted octanol–water partition coefficient (Wildman–Crippen LogP) is 3.63. The second-order valence-electron chi connectivity index (χ2n) is 5.44. The number of hydrogen-bond acceptors (Lipinski definition) is 3. The van der Waals surface area contributed by atoms with Gasteiger partial charge in [0.1, 0.15) is 6.04 Å². The molecule has 22 heavy (non-hydrogen) atoms. The molecule has 0 bridgehead atoms. The van der Waals surface area contributed by atoms with E-state index in [0.29, 0.717) is 10.8 Å². The molecule has 1 aromatic heterocycles. The Morgan fingerprint density at radius 3 is 2.27 bits per heavy atom. The van der Waals surface area contributed by atoms with Crippen molar-refractivity contribution >= 4 is 28.8 Å². The third kappa shape index (κ3) is 4.18. The quantitative estimate of drug-likeness (QED) is 0.885. The summed E-state index contributed by atoms with van der Waals surface area (Å²) in [5.74, 6) is -0.0104. The summed E-state index contributed by atoms with van der Waals surface area (Å²) in [5.41, 5.74) is 1.95. The van der Waals surface area contributed by atoms with Crippen molar-refractivity contribution in [3.8, 4) is 0 Å². The van der Waals surface area contributed by atoms with Crippen LogP contribution in [-0.4, -0.2) is 17.9 Å². The molecule has 0 saturated carbocycles. The third-order valence-electron chi connectivity index (χ3n) is 3.33. The fourth-order valence-electron chi connectivity index (χ4n) is 1.94. The maximum atomic E-state index is 12.1. The van der Waals surface area contributed by atoms with Crippen molar-refractivity contribution in [2.75, 3.05) is 5.32 Å². The lowest BCUT2D eigenvalue weighted by atomic mass is 10.0. The molecule has 116 valence electrons. The Morgan fingerprint density at radius 2 is 1.73 bits per heavy atom. The van der Waals surface area contributed by atoms with Crippen LogP contribution in [0.25, 0.3) is 0 Å². The highest BCUT2D eigenvalue weighted by atomic mass is 32.1. The lowest BCUT2D eigenvalue weighted by Crippen LogP contribution is -2.41. The number of rotatable bonds is 5. The van der Waals surface area contributed by atoms with E-state index in [2.05, 4.69) is 24.5 Å². The number of anilines is 1. The predicted molar refractivity (Wildman–Crippen MR) is 90.4 cm³/mol. The van der Waals surface area contributed by atoms with Gasteiger partial charge in [0.2, 0.25) is 5.91 Å². The highest BCUT2D eigenvalue weighted by Gasteiger charge is 2.17. The van der Waals surface area contributed by atoms with E-state index in [9.17, 15) is 9.59 Å². The van der Waals surface area contributed by atoms with Gasteiger partial charge in [-0.3, -0.25) is 9.59 Å². The maximum Gasteiger partial charge on any atom is 0.261 e. The molecule has 2 amide bonds. The Balaban J connectivity index is 1.92. The van der Waals surface area contributed by atoms with E-state index in [1.165, 1.54) is 16.9 Å². The van der Waals surface area contributed by atoms with Crippen LogP contribution in [0, 0.1) is 0 Å². The average Bonchev–Trinajstić information content (AvgIpc) is 3.02. The number of amides is 2. The lowest BCUT2D eigenvalue weighted by Gasteiger charge is -2.14. The summed E-state index contributed by atoms with van der Waals surface area (Å²) >= 11 is 1.35. The van der Waals surface area contributed by atoms with E-state index in [1.54, 1.807) is 19.1 Å². The summed E-state index contributed by atoms with van der Waals surface area (Å²) in [5, 5.41) is 7.33. The van der Waals surface area contributed by atoms with Crippen LogP contribution in [0.1, 0.15) is 41.9 Å². The first kappa shape index (κ1) is 16.2. The van der Waals surface area contributed by atoms with E-state index in [-0.39, 0.29) is 11.8 Å². The SMILES string of the molecule is CC(NC(=O)c1cccs1)C(=O)Nc1ccc(C(C)C)cc1. The topological polar surface area (TPSA) is 58.2 Å². The van der Waals surface area contributed by atoms with Crippen LogP contribution < -0.4 is 10.6 Å². The molecule has 0 aliphatic rings. The van der Waals surface area contributed by atoms with E-state index in [1.807, 2.05) is 29.6 Å². The van der Waals surface area contributed by atoms with Crippen LogP contribution in [0.2, 0.25) is 0 Å². The minimum atomic E-state index is -0.598. The number of hydrogen-bond donors (Lipinski definition) is 2. The van der Waals surface area contributed by atoms with Gasteiger partial charge in [-0.05, 0) is 42.0 Å². The average molecular weight is 316 g/mol. The molecule has 5 heteroatoms. The van der Waals surface area contributed by atoms with Gasteiger partial charge in [-0.15, -0.1) is 11.3 Å². The monoisotopic (exact) mass is 316 g/mol. The smallest absolute Gasteiger partial charge is 0.261 e. The molecule has 2 rings (SSSR count). The van der Waals surface area contributed by atoms with Gasteiger partial charge in [-0.2, -0.15) is 0 Å². The number of carbonyl (C=O) groups excluding carboxylic acids is 2. The van der Waals surface area contributed by atoms with Crippen molar-refractivity contribution in [1.29, 1.82) is 0 Å². The Hall–Kier alpha value is -2.14. The standard InChI is InChI=1S/C17H20N2O2S/c1-11(2)13-6-8-14(9-7-13)19-16(20)12(3)18-17(21)15-5-4-10-22-15/h4-12H,1-3H3,(H,18,21)(H,19,20). The van der Waals surface area contributed by atoms with Gasteiger partial charge in [0.25, 0.3) is 5.91 Å². The molecule has 0 radical (unpaired) electrons. The number of thiophene rings is 1. The Kier molecular flexibility index (Phi) is 5.33. The molecule has 1 atom stereocenters. The van der Waals surface area contributed by atoms with Gasteiger partial charge in [0.05, 0.1) is 4.88 Å². The molecule has 0 saturated heterocycles. The second kappa shape index (κ2) is 7.22. The first-order valence-corrected chi connectivity index (χ1v) is 8.10. The summed E-state index contributed by atoms with van der Waals surface area (Å²) in [4.78, 5) is 24.6. The zero-order valence-electron chi connectivity index (χ0n) is 12.9. The Labute approximate surface area is 134 Å².